The van der Waals surface area contributed by atoms with E-state index in [0.717, 1.165) is 12.1 Å². The van der Waals surface area contributed by atoms with Crippen LogP contribution >= 0.6 is 11.6 Å². The van der Waals surface area contributed by atoms with Crippen molar-refractivity contribution in [1.29, 1.82) is 0 Å². The molecule has 1 amide bonds. The van der Waals surface area contributed by atoms with Crippen LogP contribution in [0, 0.1) is 5.92 Å². The van der Waals surface area contributed by atoms with Gasteiger partial charge in [0.15, 0.2) is 5.69 Å². The predicted octanol–water partition coefficient (Wildman–Crippen LogP) is 3.17. The lowest BCUT2D eigenvalue weighted by atomic mass is 10.1. The van der Waals surface area contributed by atoms with Crippen LogP contribution in [0.2, 0.25) is 5.02 Å². The maximum Gasteiger partial charge on any atom is 0.271 e. The number of amides is 1. The summed E-state index contributed by atoms with van der Waals surface area (Å²) < 4.78 is 0. The molecule has 2 N–H and O–H groups in total. The predicted molar refractivity (Wildman–Crippen MR) is 92.8 cm³/mol. The first-order chi connectivity index (χ1) is 11.0. The van der Waals surface area contributed by atoms with Gasteiger partial charge in [0.2, 0.25) is 0 Å². The van der Waals surface area contributed by atoms with E-state index in [4.69, 9.17) is 11.6 Å². The van der Waals surface area contributed by atoms with Crippen molar-refractivity contribution < 1.29 is 4.79 Å². The van der Waals surface area contributed by atoms with Gasteiger partial charge in [-0.25, -0.2) is 0 Å². The molecule has 1 heterocycles. The van der Waals surface area contributed by atoms with Crippen LogP contribution in [0.4, 0.5) is 5.82 Å². The Balaban J connectivity index is 1.81. The lowest BCUT2D eigenvalue weighted by Gasteiger charge is -2.08. The Morgan fingerprint density at radius 1 is 1.22 bits per heavy atom. The number of aromatic nitrogens is 2. The van der Waals surface area contributed by atoms with Gasteiger partial charge in [-0.2, -0.15) is 0 Å². The summed E-state index contributed by atoms with van der Waals surface area (Å²) in [6.07, 6.45) is 0.716. The Kier molecular flexibility index (Phi) is 6.35. The maximum atomic E-state index is 12.0. The zero-order valence-corrected chi connectivity index (χ0v) is 14.1. The summed E-state index contributed by atoms with van der Waals surface area (Å²) in [7, 11) is 0. The van der Waals surface area contributed by atoms with E-state index in [-0.39, 0.29) is 5.91 Å². The van der Waals surface area contributed by atoms with E-state index in [0.29, 0.717) is 35.4 Å². The minimum absolute atomic E-state index is 0.227. The Labute approximate surface area is 141 Å². The molecule has 0 radical (unpaired) electrons. The Morgan fingerprint density at radius 2 is 2.04 bits per heavy atom. The third-order valence-electron chi connectivity index (χ3n) is 3.18. The summed E-state index contributed by atoms with van der Waals surface area (Å²) in [6.45, 7) is 5.57. The van der Waals surface area contributed by atoms with Crippen LogP contribution in [0.15, 0.2) is 36.4 Å². The third-order valence-corrected chi connectivity index (χ3v) is 3.41. The van der Waals surface area contributed by atoms with E-state index < -0.39 is 0 Å². The van der Waals surface area contributed by atoms with Gasteiger partial charge in [0.05, 0.1) is 0 Å². The summed E-state index contributed by atoms with van der Waals surface area (Å²) in [5, 5.41) is 14.7. The summed E-state index contributed by atoms with van der Waals surface area (Å²) in [6, 6.07) is 11.0. The molecule has 0 spiro atoms. The van der Waals surface area contributed by atoms with Crippen LogP contribution in [0.5, 0.6) is 0 Å². The molecule has 0 aliphatic heterocycles. The number of hydrogen-bond acceptors (Lipinski definition) is 4. The van der Waals surface area contributed by atoms with E-state index in [2.05, 4.69) is 34.7 Å². The van der Waals surface area contributed by atoms with Crippen molar-refractivity contribution in [2.24, 2.45) is 5.92 Å². The van der Waals surface area contributed by atoms with Gasteiger partial charge in [-0.15, -0.1) is 10.2 Å². The van der Waals surface area contributed by atoms with Crippen molar-refractivity contribution in [3.63, 3.8) is 0 Å². The minimum atomic E-state index is -0.227. The number of nitrogens with one attached hydrogen (secondary N) is 2. The second-order valence-electron chi connectivity index (χ2n) is 5.71. The number of carbonyl (C=O) groups is 1. The molecule has 0 aliphatic rings. The largest absolute Gasteiger partial charge is 0.368 e. The number of nitrogens with zero attached hydrogens (tertiary/aromatic N) is 2. The van der Waals surface area contributed by atoms with Gasteiger partial charge >= 0.3 is 0 Å². The molecule has 0 aliphatic carbocycles. The van der Waals surface area contributed by atoms with Gasteiger partial charge in [-0.3, -0.25) is 4.79 Å². The quantitative estimate of drug-likeness (QED) is 0.817. The molecule has 2 rings (SSSR count). The van der Waals surface area contributed by atoms with Crippen LogP contribution in [-0.4, -0.2) is 29.2 Å². The van der Waals surface area contributed by atoms with Crippen molar-refractivity contribution in [2.75, 3.05) is 18.4 Å². The summed E-state index contributed by atoms with van der Waals surface area (Å²) >= 11 is 5.93. The molecule has 5 nitrogen and oxygen atoms in total. The van der Waals surface area contributed by atoms with E-state index >= 15 is 0 Å². The first-order valence-corrected chi connectivity index (χ1v) is 8.02. The molecule has 0 saturated carbocycles. The number of carbonyl (C=O) groups excluding carboxylic acids is 1. The third kappa shape index (κ3) is 5.87. The van der Waals surface area contributed by atoms with Crippen molar-refractivity contribution in [3.05, 3.63) is 52.7 Å². The average Bonchev–Trinajstić information content (AvgIpc) is 2.53. The van der Waals surface area contributed by atoms with Crippen LogP contribution in [0.3, 0.4) is 0 Å². The van der Waals surface area contributed by atoms with Crippen molar-refractivity contribution in [1.82, 2.24) is 15.5 Å². The van der Waals surface area contributed by atoms with Gasteiger partial charge in [-0.1, -0.05) is 37.6 Å². The fraction of sp³-hybridized carbons (Fsp3) is 0.353. The number of rotatable bonds is 7. The van der Waals surface area contributed by atoms with Gasteiger partial charge in [0.25, 0.3) is 5.91 Å². The average molecular weight is 333 g/mol. The summed E-state index contributed by atoms with van der Waals surface area (Å²) in [5.41, 5.74) is 1.39. The smallest absolute Gasteiger partial charge is 0.271 e. The second-order valence-corrected chi connectivity index (χ2v) is 6.15. The second kappa shape index (κ2) is 8.48. The zero-order chi connectivity index (χ0) is 16.7. The minimum Gasteiger partial charge on any atom is -0.368 e. The topological polar surface area (TPSA) is 66.9 Å². The number of anilines is 1. The fourth-order valence-corrected chi connectivity index (χ4v) is 2.17. The first-order valence-electron chi connectivity index (χ1n) is 7.65. The lowest BCUT2D eigenvalue weighted by molar-refractivity contribution is 0.0948. The molecule has 0 bridgehead atoms. The molecule has 0 unspecified atom stereocenters. The zero-order valence-electron chi connectivity index (χ0n) is 13.3. The van der Waals surface area contributed by atoms with Gasteiger partial charge in [0.1, 0.15) is 5.82 Å². The van der Waals surface area contributed by atoms with Crippen molar-refractivity contribution in [2.45, 2.75) is 20.3 Å². The molecule has 1 aromatic carbocycles. The van der Waals surface area contributed by atoms with Gasteiger partial charge in [-0.05, 0) is 42.2 Å². The molecule has 0 atom stereocenters. The highest BCUT2D eigenvalue weighted by Gasteiger charge is 2.08. The number of halogens is 1. The van der Waals surface area contributed by atoms with Crippen LogP contribution in [-0.2, 0) is 6.42 Å². The molecule has 0 saturated heterocycles. The standard InChI is InChI=1S/C17H21ClN4O/c1-12(2)11-20-16-7-6-15(21-22-16)17(23)19-9-8-13-4-3-5-14(18)10-13/h3-7,10,12H,8-9,11H2,1-2H3,(H,19,23)(H,20,22). The van der Waals surface area contributed by atoms with E-state index in [1.54, 1.807) is 12.1 Å². The summed E-state index contributed by atoms with van der Waals surface area (Å²) in [5.74, 6) is 0.968. The molecular weight excluding hydrogens is 312 g/mol. The molecule has 2 aromatic rings. The SMILES string of the molecule is CC(C)CNc1ccc(C(=O)NCCc2cccc(Cl)c2)nn1. The Bertz CT molecular complexity index is 643. The summed E-state index contributed by atoms with van der Waals surface area (Å²) in [4.78, 5) is 12.0. The molecule has 0 fully saturated rings. The van der Waals surface area contributed by atoms with Crippen molar-refractivity contribution >= 4 is 23.3 Å². The van der Waals surface area contributed by atoms with Crippen LogP contribution < -0.4 is 10.6 Å². The van der Waals surface area contributed by atoms with Crippen LogP contribution in [0.25, 0.3) is 0 Å². The molecular formula is C17H21ClN4O. The van der Waals surface area contributed by atoms with Crippen molar-refractivity contribution in [3.8, 4) is 0 Å². The van der Waals surface area contributed by atoms with Gasteiger partial charge in [0, 0.05) is 18.1 Å². The monoisotopic (exact) mass is 332 g/mol. The normalized spacial score (nSPS) is 10.6. The Morgan fingerprint density at radius 3 is 2.70 bits per heavy atom. The maximum absolute atomic E-state index is 12.0. The highest BCUT2D eigenvalue weighted by atomic mass is 35.5. The Hall–Kier alpha value is -2.14. The van der Waals surface area contributed by atoms with E-state index in [1.807, 2.05) is 24.3 Å². The first kappa shape index (κ1) is 17.2. The molecule has 23 heavy (non-hydrogen) atoms. The number of hydrogen-bond donors (Lipinski definition) is 2. The van der Waals surface area contributed by atoms with Gasteiger partial charge < -0.3 is 10.6 Å². The molecule has 1 aromatic heterocycles. The molecule has 6 heteroatoms. The fourth-order valence-electron chi connectivity index (χ4n) is 1.96. The van der Waals surface area contributed by atoms with E-state index in [9.17, 15) is 4.79 Å². The number of benzene rings is 1. The highest BCUT2D eigenvalue weighted by Crippen LogP contribution is 2.10. The highest BCUT2D eigenvalue weighted by molar-refractivity contribution is 6.30. The van der Waals surface area contributed by atoms with E-state index in [1.165, 1.54) is 0 Å². The van der Waals surface area contributed by atoms with Crippen LogP contribution in [0.1, 0.15) is 29.9 Å². The lowest BCUT2D eigenvalue weighted by Crippen LogP contribution is -2.26. The molecule has 122 valence electrons.